The molecule has 1 heterocycles. The van der Waals surface area contributed by atoms with Gasteiger partial charge in [-0.2, -0.15) is 0 Å². The molecule has 23 heavy (non-hydrogen) atoms. The number of halogens is 1. The van der Waals surface area contributed by atoms with Crippen molar-refractivity contribution in [2.24, 2.45) is 0 Å². The quantitative estimate of drug-likeness (QED) is 0.790. The van der Waals surface area contributed by atoms with Crippen LogP contribution in [-0.4, -0.2) is 23.5 Å². The second-order valence-electron chi connectivity index (χ2n) is 4.75. The molecule has 1 aromatic heterocycles. The predicted octanol–water partition coefficient (Wildman–Crippen LogP) is 2.71. The van der Waals surface area contributed by atoms with Crippen LogP contribution in [0, 0.1) is 5.82 Å². The van der Waals surface area contributed by atoms with Crippen LogP contribution in [0.15, 0.2) is 29.6 Å². The summed E-state index contributed by atoms with van der Waals surface area (Å²) >= 11 is 1.29. The third-order valence-corrected chi connectivity index (χ3v) is 3.85. The van der Waals surface area contributed by atoms with Crippen LogP contribution in [0.3, 0.4) is 0 Å². The molecule has 0 fully saturated rings. The maximum absolute atomic E-state index is 13.0. The fourth-order valence-corrected chi connectivity index (χ4v) is 2.61. The average Bonchev–Trinajstić information content (AvgIpc) is 3.00. The topological polar surface area (TPSA) is 68.3 Å². The van der Waals surface area contributed by atoms with E-state index in [1.807, 2.05) is 0 Å². The summed E-state index contributed by atoms with van der Waals surface area (Å²) in [5.41, 5.74) is 1.03. The number of carbonyl (C=O) groups is 2. The van der Waals surface area contributed by atoms with Gasteiger partial charge in [0.15, 0.2) is 5.69 Å². The Balaban J connectivity index is 1.77. The van der Waals surface area contributed by atoms with Crippen LogP contribution in [0.1, 0.15) is 34.4 Å². The molecule has 0 spiro atoms. The van der Waals surface area contributed by atoms with Crippen LogP contribution in [0.2, 0.25) is 0 Å². The van der Waals surface area contributed by atoms with Crippen LogP contribution in [0.5, 0.6) is 0 Å². The fraction of sp³-hybridized carbons (Fsp3) is 0.312. The third kappa shape index (κ3) is 5.45. The molecule has 0 unspecified atom stereocenters. The van der Waals surface area contributed by atoms with Crippen molar-refractivity contribution in [3.63, 3.8) is 0 Å². The molecule has 2 aromatic rings. The number of hydrogen-bond donors (Lipinski definition) is 1. The van der Waals surface area contributed by atoms with Crippen molar-refractivity contribution in [2.45, 2.75) is 26.3 Å². The lowest BCUT2D eigenvalue weighted by atomic mass is 10.1. The van der Waals surface area contributed by atoms with E-state index in [1.165, 1.54) is 23.5 Å². The highest BCUT2D eigenvalue weighted by Crippen LogP contribution is 2.11. The summed E-state index contributed by atoms with van der Waals surface area (Å²) in [6.45, 7) is 2.28. The number of benzene rings is 1. The highest BCUT2D eigenvalue weighted by Gasteiger charge is 2.12. The largest absolute Gasteiger partial charge is 0.461 e. The van der Waals surface area contributed by atoms with E-state index in [9.17, 15) is 14.0 Å². The molecule has 1 N–H and O–H groups in total. The van der Waals surface area contributed by atoms with Gasteiger partial charge in [0.2, 0.25) is 5.91 Å². The van der Waals surface area contributed by atoms with Gasteiger partial charge in [-0.15, -0.1) is 11.3 Å². The molecule has 0 aliphatic carbocycles. The fourth-order valence-electron chi connectivity index (χ4n) is 1.90. The Bertz CT molecular complexity index is 687. The van der Waals surface area contributed by atoms with Gasteiger partial charge >= 0.3 is 5.97 Å². The van der Waals surface area contributed by atoms with E-state index in [2.05, 4.69) is 10.3 Å². The summed E-state index contributed by atoms with van der Waals surface area (Å²) in [6.07, 6.45) is 0.731. The minimum atomic E-state index is -0.465. The molecule has 0 saturated carbocycles. The van der Waals surface area contributed by atoms with Crippen molar-refractivity contribution >= 4 is 23.2 Å². The molecule has 0 atom stereocenters. The van der Waals surface area contributed by atoms with Crippen LogP contribution in [0.4, 0.5) is 4.39 Å². The van der Waals surface area contributed by atoms with E-state index < -0.39 is 5.97 Å². The minimum absolute atomic E-state index is 0.151. The molecule has 1 aromatic carbocycles. The summed E-state index contributed by atoms with van der Waals surface area (Å²) in [5, 5.41) is 4.97. The van der Waals surface area contributed by atoms with E-state index in [0.29, 0.717) is 18.0 Å². The van der Waals surface area contributed by atoms with Gasteiger partial charge in [0.05, 0.1) is 13.2 Å². The number of hydrogen-bond acceptors (Lipinski definition) is 5. The Morgan fingerprint density at radius 3 is 2.96 bits per heavy atom. The van der Waals surface area contributed by atoms with Crippen LogP contribution in [-0.2, 0) is 22.5 Å². The Kier molecular flexibility index (Phi) is 6.22. The average molecular weight is 336 g/mol. The lowest BCUT2D eigenvalue weighted by Gasteiger charge is -2.03. The van der Waals surface area contributed by atoms with Gasteiger partial charge in [0.25, 0.3) is 0 Å². The normalized spacial score (nSPS) is 10.3. The van der Waals surface area contributed by atoms with Gasteiger partial charge in [-0.05, 0) is 31.0 Å². The second-order valence-corrected chi connectivity index (χ2v) is 5.70. The molecule has 0 radical (unpaired) electrons. The zero-order valence-corrected chi connectivity index (χ0v) is 13.5. The van der Waals surface area contributed by atoms with E-state index in [4.69, 9.17) is 4.74 Å². The molecular formula is C16H17FN2O3S. The van der Waals surface area contributed by atoms with E-state index in [-0.39, 0.29) is 30.4 Å². The first-order valence-electron chi connectivity index (χ1n) is 7.21. The maximum Gasteiger partial charge on any atom is 0.357 e. The molecule has 0 aliphatic heterocycles. The first-order chi connectivity index (χ1) is 11.1. The molecule has 1 amide bonds. The number of rotatable bonds is 7. The summed E-state index contributed by atoms with van der Waals surface area (Å²) in [6, 6.07) is 6.19. The number of thiazole rings is 1. The lowest BCUT2D eigenvalue weighted by molar-refractivity contribution is -0.121. The van der Waals surface area contributed by atoms with Crippen molar-refractivity contribution in [3.8, 4) is 0 Å². The molecule has 0 aliphatic rings. The highest BCUT2D eigenvalue weighted by atomic mass is 32.1. The smallest absolute Gasteiger partial charge is 0.357 e. The predicted molar refractivity (Wildman–Crippen MR) is 84.6 cm³/mol. The SMILES string of the molecule is CCOC(=O)c1csc(CNC(=O)CCc2cccc(F)c2)n1. The number of carbonyl (C=O) groups excluding carboxylic acids is 2. The number of ether oxygens (including phenoxy) is 1. The minimum Gasteiger partial charge on any atom is -0.461 e. The van der Waals surface area contributed by atoms with Crippen molar-refractivity contribution in [1.29, 1.82) is 0 Å². The third-order valence-electron chi connectivity index (χ3n) is 3.00. The maximum atomic E-state index is 13.0. The summed E-state index contributed by atoms with van der Waals surface area (Å²) < 4.78 is 17.9. The van der Waals surface area contributed by atoms with Crippen LogP contribution >= 0.6 is 11.3 Å². The number of nitrogens with zero attached hydrogens (tertiary/aromatic N) is 1. The molecule has 122 valence electrons. The van der Waals surface area contributed by atoms with Crippen molar-refractivity contribution in [2.75, 3.05) is 6.61 Å². The summed E-state index contributed by atoms with van der Waals surface area (Å²) in [5.74, 6) is -0.924. The molecule has 0 saturated heterocycles. The summed E-state index contributed by atoms with van der Waals surface area (Å²) in [7, 11) is 0. The molecular weight excluding hydrogens is 319 g/mol. The van der Waals surface area contributed by atoms with E-state index in [1.54, 1.807) is 24.4 Å². The zero-order chi connectivity index (χ0) is 16.7. The van der Waals surface area contributed by atoms with E-state index in [0.717, 1.165) is 5.56 Å². The standard InChI is InChI=1S/C16H17FN2O3S/c1-2-22-16(21)13-10-23-15(19-13)9-18-14(20)7-6-11-4-3-5-12(17)8-11/h3-5,8,10H,2,6-7,9H2,1H3,(H,18,20). The van der Waals surface area contributed by atoms with Gasteiger partial charge in [-0.3, -0.25) is 4.79 Å². The van der Waals surface area contributed by atoms with Crippen molar-refractivity contribution < 1.29 is 18.7 Å². The van der Waals surface area contributed by atoms with Gasteiger partial charge in [0.1, 0.15) is 10.8 Å². The van der Waals surface area contributed by atoms with Gasteiger partial charge in [-0.1, -0.05) is 12.1 Å². The van der Waals surface area contributed by atoms with E-state index >= 15 is 0 Å². The van der Waals surface area contributed by atoms with Gasteiger partial charge < -0.3 is 10.1 Å². The summed E-state index contributed by atoms with van der Waals surface area (Å²) in [4.78, 5) is 27.4. The number of amides is 1. The number of esters is 1. The first kappa shape index (κ1) is 17.1. The van der Waals surface area contributed by atoms with Crippen molar-refractivity contribution in [3.05, 3.63) is 51.7 Å². The molecule has 7 heteroatoms. The number of nitrogens with one attached hydrogen (secondary N) is 1. The highest BCUT2D eigenvalue weighted by molar-refractivity contribution is 7.09. The first-order valence-corrected chi connectivity index (χ1v) is 8.09. The lowest BCUT2D eigenvalue weighted by Crippen LogP contribution is -2.23. The molecule has 2 rings (SSSR count). The number of aryl methyl sites for hydroxylation is 1. The van der Waals surface area contributed by atoms with Crippen LogP contribution in [0.25, 0.3) is 0 Å². The Morgan fingerprint density at radius 2 is 2.22 bits per heavy atom. The molecule has 0 bridgehead atoms. The number of aromatic nitrogens is 1. The Morgan fingerprint density at radius 1 is 1.39 bits per heavy atom. The van der Waals surface area contributed by atoms with Gasteiger partial charge in [-0.25, -0.2) is 14.2 Å². The Hall–Kier alpha value is -2.28. The Labute approximate surface area is 137 Å². The zero-order valence-electron chi connectivity index (χ0n) is 12.7. The second kappa shape index (κ2) is 8.38. The van der Waals surface area contributed by atoms with Crippen LogP contribution < -0.4 is 5.32 Å². The molecule has 5 nitrogen and oxygen atoms in total. The van der Waals surface area contributed by atoms with Gasteiger partial charge in [0, 0.05) is 11.8 Å². The van der Waals surface area contributed by atoms with Crippen molar-refractivity contribution in [1.82, 2.24) is 10.3 Å². The monoisotopic (exact) mass is 336 g/mol.